The molecule has 6 heteroatoms. The number of nitrogens with zero attached hydrogens (tertiary/aromatic N) is 1. The van der Waals surface area contributed by atoms with E-state index in [1.807, 2.05) is 54.0 Å². The first-order valence-corrected chi connectivity index (χ1v) is 11.1. The summed E-state index contributed by atoms with van der Waals surface area (Å²) in [5, 5.41) is 4.01. The standard InChI is InChI=1S/C23H26N2O4.C3H8/c1-3-25-12-10-20(26)19-8-5-9-21(23(19)25)29-13-11-24-16-18-7-4-6-17(14-18)15-22(27)28-2;1-3-2/h4-10,12,14,24H,3,11,13,15-16H2,1-2H3;3H2,1-2H3. The number of carbonyl (C=O) groups is 1. The smallest absolute Gasteiger partial charge is 0.309 e. The molecule has 0 bridgehead atoms. The summed E-state index contributed by atoms with van der Waals surface area (Å²) in [6.07, 6.45) is 3.32. The van der Waals surface area contributed by atoms with Crippen LogP contribution in [-0.2, 0) is 29.0 Å². The highest BCUT2D eigenvalue weighted by Gasteiger charge is 2.08. The van der Waals surface area contributed by atoms with Gasteiger partial charge in [-0.3, -0.25) is 9.59 Å². The van der Waals surface area contributed by atoms with Crippen LogP contribution < -0.4 is 15.5 Å². The van der Waals surface area contributed by atoms with Gasteiger partial charge in [0, 0.05) is 37.3 Å². The maximum atomic E-state index is 12.1. The largest absolute Gasteiger partial charge is 0.490 e. The summed E-state index contributed by atoms with van der Waals surface area (Å²) < 4.78 is 12.7. The van der Waals surface area contributed by atoms with Gasteiger partial charge in [0.05, 0.1) is 19.0 Å². The molecule has 0 unspecified atom stereocenters. The minimum absolute atomic E-state index is 0.000103. The zero-order valence-electron chi connectivity index (χ0n) is 19.5. The van der Waals surface area contributed by atoms with Crippen molar-refractivity contribution >= 4 is 16.9 Å². The number of methoxy groups -OCH3 is 1. The summed E-state index contributed by atoms with van der Waals surface area (Å²) >= 11 is 0. The average Bonchev–Trinajstić information content (AvgIpc) is 2.80. The molecule has 0 amide bonds. The molecule has 0 saturated carbocycles. The van der Waals surface area contributed by atoms with Crippen LogP contribution in [0.1, 0.15) is 38.3 Å². The summed E-state index contributed by atoms with van der Waals surface area (Å²) in [7, 11) is 1.39. The number of carbonyl (C=O) groups excluding carboxylic acids is 1. The molecule has 0 atom stereocenters. The van der Waals surface area contributed by atoms with Crippen molar-refractivity contribution in [2.45, 2.75) is 46.7 Å². The summed E-state index contributed by atoms with van der Waals surface area (Å²) in [5.41, 5.74) is 2.86. The number of esters is 1. The lowest BCUT2D eigenvalue weighted by molar-refractivity contribution is -0.139. The van der Waals surface area contributed by atoms with Crippen molar-refractivity contribution in [1.29, 1.82) is 0 Å². The van der Waals surface area contributed by atoms with Gasteiger partial charge in [-0.1, -0.05) is 50.6 Å². The molecule has 0 saturated heterocycles. The van der Waals surface area contributed by atoms with E-state index in [4.69, 9.17) is 9.47 Å². The highest BCUT2D eigenvalue weighted by atomic mass is 16.5. The maximum absolute atomic E-state index is 12.1. The number of para-hydroxylation sites is 1. The molecule has 32 heavy (non-hydrogen) atoms. The lowest BCUT2D eigenvalue weighted by Gasteiger charge is -2.14. The molecule has 0 aliphatic rings. The van der Waals surface area contributed by atoms with E-state index >= 15 is 0 Å². The Balaban J connectivity index is 0.00000114. The van der Waals surface area contributed by atoms with Gasteiger partial charge in [-0.25, -0.2) is 0 Å². The molecular weight excluding hydrogens is 404 g/mol. The second-order valence-corrected chi connectivity index (χ2v) is 7.42. The Morgan fingerprint density at radius 3 is 2.47 bits per heavy atom. The van der Waals surface area contributed by atoms with Gasteiger partial charge in [0.15, 0.2) is 5.43 Å². The minimum Gasteiger partial charge on any atom is -0.490 e. The van der Waals surface area contributed by atoms with Gasteiger partial charge in [-0.15, -0.1) is 0 Å². The topological polar surface area (TPSA) is 69.6 Å². The molecule has 2 aromatic carbocycles. The van der Waals surface area contributed by atoms with Crippen LogP contribution >= 0.6 is 0 Å². The maximum Gasteiger partial charge on any atom is 0.309 e. The van der Waals surface area contributed by atoms with Crippen molar-refractivity contribution in [2.75, 3.05) is 20.3 Å². The lowest BCUT2D eigenvalue weighted by Crippen LogP contribution is -2.21. The Hall–Kier alpha value is -3.12. The van der Waals surface area contributed by atoms with Gasteiger partial charge in [0.1, 0.15) is 12.4 Å². The van der Waals surface area contributed by atoms with Crippen LogP contribution in [0, 0.1) is 0 Å². The van der Waals surface area contributed by atoms with Crippen molar-refractivity contribution in [1.82, 2.24) is 9.88 Å². The van der Waals surface area contributed by atoms with Gasteiger partial charge in [-0.2, -0.15) is 0 Å². The monoisotopic (exact) mass is 438 g/mol. The molecule has 0 radical (unpaired) electrons. The fourth-order valence-electron chi connectivity index (χ4n) is 3.27. The predicted molar refractivity (Wildman–Crippen MR) is 129 cm³/mol. The van der Waals surface area contributed by atoms with Gasteiger partial charge >= 0.3 is 5.97 Å². The van der Waals surface area contributed by atoms with Crippen LogP contribution in [0.4, 0.5) is 0 Å². The summed E-state index contributed by atoms with van der Waals surface area (Å²) in [6, 6.07) is 15.0. The van der Waals surface area contributed by atoms with E-state index in [0.717, 1.165) is 23.2 Å². The molecule has 0 aliphatic heterocycles. The zero-order chi connectivity index (χ0) is 23.3. The molecular formula is C26H34N2O4. The molecule has 1 N–H and O–H groups in total. The second kappa shape index (κ2) is 13.3. The first-order valence-electron chi connectivity index (χ1n) is 11.1. The number of rotatable bonds is 9. The van der Waals surface area contributed by atoms with Crippen LogP contribution in [0.5, 0.6) is 5.75 Å². The van der Waals surface area contributed by atoms with E-state index in [1.54, 1.807) is 12.3 Å². The summed E-state index contributed by atoms with van der Waals surface area (Å²) in [5.74, 6) is 0.466. The number of fused-ring (bicyclic) bond motifs is 1. The van der Waals surface area contributed by atoms with E-state index in [9.17, 15) is 9.59 Å². The first kappa shape index (κ1) is 25.1. The predicted octanol–water partition coefficient (Wildman–Crippen LogP) is 4.32. The van der Waals surface area contributed by atoms with Gasteiger partial charge in [-0.05, 0) is 30.2 Å². The molecule has 6 nitrogen and oxygen atoms in total. The Kier molecular flexibility index (Phi) is 10.5. The number of ether oxygens (including phenoxy) is 2. The van der Waals surface area contributed by atoms with E-state index in [-0.39, 0.29) is 17.8 Å². The van der Waals surface area contributed by atoms with E-state index in [2.05, 4.69) is 19.2 Å². The molecule has 1 aromatic heterocycles. The normalized spacial score (nSPS) is 10.4. The van der Waals surface area contributed by atoms with Crippen LogP contribution in [-0.4, -0.2) is 30.8 Å². The number of benzene rings is 2. The van der Waals surface area contributed by atoms with Crippen molar-refractivity contribution in [3.63, 3.8) is 0 Å². The van der Waals surface area contributed by atoms with Gasteiger partial charge < -0.3 is 19.4 Å². The molecule has 172 valence electrons. The third-order valence-electron chi connectivity index (χ3n) is 4.73. The van der Waals surface area contributed by atoms with Crippen LogP contribution in [0.25, 0.3) is 10.9 Å². The zero-order valence-corrected chi connectivity index (χ0v) is 19.5. The third-order valence-corrected chi connectivity index (χ3v) is 4.73. The minimum atomic E-state index is -0.246. The summed E-state index contributed by atoms with van der Waals surface area (Å²) in [4.78, 5) is 23.5. The van der Waals surface area contributed by atoms with Crippen molar-refractivity contribution in [3.05, 3.63) is 76.1 Å². The Morgan fingerprint density at radius 2 is 1.75 bits per heavy atom. The molecule has 0 fully saturated rings. The first-order chi connectivity index (χ1) is 15.5. The molecule has 3 aromatic rings. The third kappa shape index (κ3) is 7.24. The van der Waals surface area contributed by atoms with Gasteiger partial charge in [0.25, 0.3) is 0 Å². The Labute approximate surface area is 190 Å². The van der Waals surface area contributed by atoms with Crippen molar-refractivity contribution in [3.8, 4) is 5.75 Å². The lowest BCUT2D eigenvalue weighted by atomic mass is 10.1. The number of aromatic nitrogens is 1. The molecule has 3 rings (SSSR count). The quantitative estimate of drug-likeness (QED) is 0.398. The highest BCUT2D eigenvalue weighted by molar-refractivity contribution is 5.84. The number of aryl methyl sites for hydroxylation is 1. The Morgan fingerprint density at radius 1 is 1.03 bits per heavy atom. The number of pyridine rings is 1. The van der Waals surface area contributed by atoms with E-state index in [0.29, 0.717) is 30.8 Å². The number of nitrogens with one attached hydrogen (secondary N) is 1. The van der Waals surface area contributed by atoms with Crippen LogP contribution in [0.15, 0.2) is 59.5 Å². The Bertz CT molecular complexity index is 1060. The SMILES string of the molecule is CCC.CCn1ccc(=O)c2cccc(OCCNCc3cccc(CC(=O)OC)c3)c21. The number of hydrogen-bond acceptors (Lipinski definition) is 5. The second-order valence-electron chi connectivity index (χ2n) is 7.42. The van der Waals surface area contributed by atoms with Crippen molar-refractivity contribution < 1.29 is 14.3 Å². The molecule has 0 spiro atoms. The molecule has 0 aliphatic carbocycles. The average molecular weight is 439 g/mol. The van der Waals surface area contributed by atoms with Crippen molar-refractivity contribution in [2.24, 2.45) is 0 Å². The van der Waals surface area contributed by atoms with Crippen LogP contribution in [0.3, 0.4) is 0 Å². The molecule has 1 heterocycles. The summed E-state index contributed by atoms with van der Waals surface area (Å²) in [6.45, 7) is 8.86. The fourth-order valence-corrected chi connectivity index (χ4v) is 3.27. The fraction of sp³-hybridized carbons (Fsp3) is 0.385. The van der Waals surface area contributed by atoms with Crippen LogP contribution in [0.2, 0.25) is 0 Å². The van der Waals surface area contributed by atoms with Gasteiger partial charge in [0.2, 0.25) is 0 Å². The van der Waals surface area contributed by atoms with E-state index < -0.39 is 0 Å². The highest BCUT2D eigenvalue weighted by Crippen LogP contribution is 2.23. The van der Waals surface area contributed by atoms with E-state index in [1.165, 1.54) is 13.5 Å². The number of hydrogen-bond donors (Lipinski definition) is 1.